The number of aromatic nitrogens is 1. The van der Waals surface area contributed by atoms with Crippen LogP contribution in [0.5, 0.6) is 0 Å². The first-order valence-electron chi connectivity index (χ1n) is 9.68. The summed E-state index contributed by atoms with van der Waals surface area (Å²) in [5.41, 5.74) is 1.18. The van der Waals surface area contributed by atoms with Crippen LogP contribution < -0.4 is 5.43 Å². The van der Waals surface area contributed by atoms with Gasteiger partial charge >= 0.3 is 0 Å². The third-order valence-corrected chi connectivity index (χ3v) is 5.50. The van der Waals surface area contributed by atoms with Gasteiger partial charge in [0.1, 0.15) is 5.82 Å². The van der Waals surface area contributed by atoms with Crippen molar-refractivity contribution in [2.75, 3.05) is 19.6 Å². The van der Waals surface area contributed by atoms with Crippen molar-refractivity contribution in [3.63, 3.8) is 0 Å². The van der Waals surface area contributed by atoms with E-state index in [2.05, 4.69) is 4.90 Å². The number of rotatable bonds is 5. The maximum Gasteiger partial charge on any atom is 0.197 e. The van der Waals surface area contributed by atoms with Gasteiger partial charge in [-0.2, -0.15) is 0 Å². The highest BCUT2D eigenvalue weighted by Gasteiger charge is 2.14. The van der Waals surface area contributed by atoms with E-state index in [1.165, 1.54) is 38.4 Å². The van der Waals surface area contributed by atoms with Crippen molar-refractivity contribution in [3.8, 4) is 0 Å². The van der Waals surface area contributed by atoms with E-state index in [0.29, 0.717) is 16.3 Å². The number of piperidine rings is 1. The molecule has 2 heterocycles. The standard InChI is InChI=1S/C22H25FN2O/c23-19-11-8-10-18-21(19)25(20-12-3-2-9-17(20)22(18)26)16-7-6-15-24-13-4-1-5-14-24/h2-3,8-12H,1,4-7,13-16H2. The van der Waals surface area contributed by atoms with Crippen LogP contribution in [0, 0.1) is 5.82 Å². The van der Waals surface area contributed by atoms with Gasteiger partial charge in [-0.3, -0.25) is 4.79 Å². The molecule has 0 spiro atoms. The molecule has 26 heavy (non-hydrogen) atoms. The number of hydrogen-bond donors (Lipinski definition) is 0. The van der Waals surface area contributed by atoms with Crippen molar-refractivity contribution in [2.45, 2.75) is 38.6 Å². The van der Waals surface area contributed by atoms with E-state index in [4.69, 9.17) is 0 Å². The van der Waals surface area contributed by atoms with Gasteiger partial charge in [0.25, 0.3) is 0 Å². The zero-order chi connectivity index (χ0) is 17.9. The zero-order valence-electron chi connectivity index (χ0n) is 15.1. The van der Waals surface area contributed by atoms with Gasteiger partial charge in [-0.05, 0) is 69.6 Å². The molecule has 136 valence electrons. The number of likely N-dealkylation sites (tertiary alicyclic amines) is 1. The number of halogens is 1. The Labute approximate surface area is 153 Å². The summed E-state index contributed by atoms with van der Waals surface area (Å²) < 4.78 is 16.6. The van der Waals surface area contributed by atoms with Crippen LogP contribution in [-0.4, -0.2) is 29.1 Å². The predicted molar refractivity (Wildman–Crippen MR) is 105 cm³/mol. The molecule has 0 radical (unpaired) electrons. The molecule has 4 heteroatoms. The number of aryl methyl sites for hydroxylation is 1. The van der Waals surface area contributed by atoms with Crippen molar-refractivity contribution in [1.29, 1.82) is 0 Å². The number of fused-ring (bicyclic) bond motifs is 2. The van der Waals surface area contributed by atoms with E-state index in [0.717, 1.165) is 31.4 Å². The summed E-state index contributed by atoms with van der Waals surface area (Å²) in [5.74, 6) is -0.318. The van der Waals surface area contributed by atoms with E-state index in [1.807, 2.05) is 28.8 Å². The minimum absolute atomic E-state index is 0.0836. The quantitative estimate of drug-likeness (QED) is 0.497. The smallest absolute Gasteiger partial charge is 0.197 e. The van der Waals surface area contributed by atoms with Gasteiger partial charge in [0.2, 0.25) is 0 Å². The Morgan fingerprint density at radius 2 is 1.58 bits per heavy atom. The van der Waals surface area contributed by atoms with Crippen LogP contribution in [0.2, 0.25) is 0 Å². The Kier molecular flexibility index (Phi) is 5.02. The molecule has 4 rings (SSSR count). The average molecular weight is 352 g/mol. The molecule has 3 aromatic rings. The summed E-state index contributed by atoms with van der Waals surface area (Å²) in [6.07, 6.45) is 6.04. The minimum atomic E-state index is -0.318. The number of nitrogens with zero attached hydrogens (tertiary/aromatic N) is 2. The fraction of sp³-hybridized carbons (Fsp3) is 0.409. The fourth-order valence-electron chi connectivity index (χ4n) is 4.16. The summed E-state index contributed by atoms with van der Waals surface area (Å²) in [6.45, 7) is 4.25. The van der Waals surface area contributed by atoms with E-state index in [9.17, 15) is 9.18 Å². The van der Waals surface area contributed by atoms with Crippen LogP contribution >= 0.6 is 0 Å². The second-order valence-corrected chi connectivity index (χ2v) is 7.24. The maximum atomic E-state index is 14.6. The second-order valence-electron chi connectivity index (χ2n) is 7.24. The molecule has 0 bridgehead atoms. The van der Waals surface area contributed by atoms with Crippen molar-refractivity contribution in [1.82, 2.24) is 9.47 Å². The third-order valence-electron chi connectivity index (χ3n) is 5.50. The molecule has 0 atom stereocenters. The predicted octanol–water partition coefficient (Wildman–Crippen LogP) is 4.56. The number of hydrogen-bond acceptors (Lipinski definition) is 2. The van der Waals surface area contributed by atoms with Crippen LogP contribution in [0.1, 0.15) is 32.1 Å². The molecule has 1 aromatic heterocycles. The van der Waals surface area contributed by atoms with Crippen LogP contribution in [0.15, 0.2) is 47.3 Å². The highest BCUT2D eigenvalue weighted by atomic mass is 19.1. The Hall–Kier alpha value is -2.20. The number of pyridine rings is 1. The first kappa shape index (κ1) is 17.2. The van der Waals surface area contributed by atoms with Gasteiger partial charge in [-0.1, -0.05) is 24.6 Å². The Balaban J connectivity index is 1.64. The minimum Gasteiger partial charge on any atom is -0.338 e. The normalized spacial score (nSPS) is 15.7. The van der Waals surface area contributed by atoms with Crippen molar-refractivity contribution < 1.29 is 4.39 Å². The second kappa shape index (κ2) is 7.58. The molecule has 0 amide bonds. The molecule has 0 aliphatic carbocycles. The third kappa shape index (κ3) is 3.26. The fourth-order valence-corrected chi connectivity index (χ4v) is 4.16. The Morgan fingerprint density at radius 3 is 2.42 bits per heavy atom. The lowest BCUT2D eigenvalue weighted by molar-refractivity contribution is 0.224. The lowest BCUT2D eigenvalue weighted by Crippen LogP contribution is -2.30. The first-order chi connectivity index (χ1) is 12.8. The molecule has 0 saturated carbocycles. The molecule has 0 unspecified atom stereocenters. The molecule has 1 aliphatic heterocycles. The highest BCUT2D eigenvalue weighted by molar-refractivity contribution is 5.93. The number of unbranched alkanes of at least 4 members (excludes halogenated alkanes) is 1. The van der Waals surface area contributed by atoms with E-state index >= 15 is 0 Å². The van der Waals surface area contributed by atoms with Crippen LogP contribution in [0.25, 0.3) is 21.8 Å². The Bertz CT molecular complexity index is 973. The van der Waals surface area contributed by atoms with Crippen LogP contribution in [0.3, 0.4) is 0 Å². The van der Waals surface area contributed by atoms with E-state index in [1.54, 1.807) is 12.1 Å². The van der Waals surface area contributed by atoms with Crippen molar-refractivity contribution in [3.05, 3.63) is 58.5 Å². The summed E-state index contributed by atoms with van der Waals surface area (Å²) in [7, 11) is 0. The summed E-state index contributed by atoms with van der Waals surface area (Å²) in [4.78, 5) is 15.3. The van der Waals surface area contributed by atoms with Crippen LogP contribution in [-0.2, 0) is 6.54 Å². The van der Waals surface area contributed by atoms with E-state index < -0.39 is 0 Å². The van der Waals surface area contributed by atoms with Crippen molar-refractivity contribution >= 4 is 21.8 Å². The van der Waals surface area contributed by atoms with Gasteiger partial charge < -0.3 is 9.47 Å². The van der Waals surface area contributed by atoms with Gasteiger partial charge in [-0.25, -0.2) is 4.39 Å². The SMILES string of the molecule is O=c1c2ccccc2n(CCCCN2CCCCC2)c2c(F)cccc12. The summed E-state index contributed by atoms with van der Waals surface area (Å²) in [6, 6.07) is 12.3. The molecule has 1 saturated heterocycles. The largest absolute Gasteiger partial charge is 0.338 e. The van der Waals surface area contributed by atoms with Crippen LogP contribution in [0.4, 0.5) is 4.39 Å². The molecule has 3 nitrogen and oxygen atoms in total. The molecular formula is C22H25FN2O. The maximum absolute atomic E-state index is 14.6. The van der Waals surface area contributed by atoms with E-state index in [-0.39, 0.29) is 11.2 Å². The zero-order valence-corrected chi connectivity index (χ0v) is 15.1. The molecular weight excluding hydrogens is 327 g/mol. The number of benzene rings is 2. The topological polar surface area (TPSA) is 25.2 Å². The molecule has 2 aromatic carbocycles. The Morgan fingerprint density at radius 1 is 0.846 bits per heavy atom. The first-order valence-corrected chi connectivity index (χ1v) is 9.68. The average Bonchev–Trinajstić information content (AvgIpc) is 2.68. The van der Waals surface area contributed by atoms with Gasteiger partial charge in [0.15, 0.2) is 5.43 Å². The lowest BCUT2D eigenvalue weighted by atomic mass is 10.1. The molecule has 1 fully saturated rings. The lowest BCUT2D eigenvalue weighted by Gasteiger charge is -2.26. The van der Waals surface area contributed by atoms with Gasteiger partial charge in [0.05, 0.1) is 11.0 Å². The highest BCUT2D eigenvalue weighted by Crippen LogP contribution is 2.22. The van der Waals surface area contributed by atoms with Gasteiger partial charge in [0, 0.05) is 17.3 Å². The summed E-state index contributed by atoms with van der Waals surface area (Å²) in [5, 5.41) is 1.14. The monoisotopic (exact) mass is 352 g/mol. The molecule has 1 aliphatic rings. The summed E-state index contributed by atoms with van der Waals surface area (Å²) >= 11 is 0. The van der Waals surface area contributed by atoms with Gasteiger partial charge in [-0.15, -0.1) is 0 Å². The number of para-hydroxylation sites is 2. The molecule has 0 N–H and O–H groups in total. The van der Waals surface area contributed by atoms with Crippen molar-refractivity contribution in [2.24, 2.45) is 0 Å².